The molecule has 1 nitrogen and oxygen atoms in total. The first-order chi connectivity index (χ1) is 5.29. The van der Waals surface area contributed by atoms with E-state index in [9.17, 15) is 5.11 Å². The van der Waals surface area contributed by atoms with Gasteiger partial charge < -0.3 is 5.11 Å². The lowest BCUT2D eigenvalue weighted by Gasteiger charge is -2.00. The van der Waals surface area contributed by atoms with E-state index >= 15 is 0 Å². The highest BCUT2D eigenvalue weighted by Crippen LogP contribution is 2.11. The van der Waals surface area contributed by atoms with Crippen LogP contribution in [-0.2, 0) is 0 Å². The van der Waals surface area contributed by atoms with Crippen molar-refractivity contribution in [3.8, 4) is 0 Å². The van der Waals surface area contributed by atoms with Crippen molar-refractivity contribution in [3.05, 3.63) is 23.8 Å². The molecule has 0 aromatic rings. The predicted octanol–water partition coefficient (Wildman–Crippen LogP) is 2.42. The fourth-order valence-corrected chi connectivity index (χ4v) is 1.26. The Labute approximate surface area is 68.4 Å². The molecule has 1 atom stereocenters. The van der Waals surface area contributed by atoms with E-state index in [1.54, 1.807) is 0 Å². The molecule has 1 N–H and O–H groups in total. The molecule has 0 aromatic heterocycles. The van der Waals surface area contributed by atoms with Gasteiger partial charge in [0.25, 0.3) is 0 Å². The molecular formula is C10H16O. The molecule has 0 aromatic carbocycles. The quantitative estimate of drug-likeness (QED) is 0.528. The van der Waals surface area contributed by atoms with Crippen molar-refractivity contribution in [1.29, 1.82) is 0 Å². The lowest BCUT2D eigenvalue weighted by Crippen LogP contribution is -1.99. The molecule has 0 spiro atoms. The summed E-state index contributed by atoms with van der Waals surface area (Å²) in [5.74, 6) is 0. The summed E-state index contributed by atoms with van der Waals surface area (Å²) in [7, 11) is 0. The Kier molecular flexibility index (Phi) is 3.37. The van der Waals surface area contributed by atoms with Crippen LogP contribution >= 0.6 is 0 Å². The predicted molar refractivity (Wildman–Crippen MR) is 47.4 cm³/mol. The van der Waals surface area contributed by atoms with Gasteiger partial charge in [-0.05, 0) is 32.6 Å². The van der Waals surface area contributed by atoms with Crippen molar-refractivity contribution in [3.63, 3.8) is 0 Å². The molecule has 0 saturated heterocycles. The van der Waals surface area contributed by atoms with Gasteiger partial charge in [-0.25, -0.2) is 0 Å². The Bertz CT molecular complexity index is 168. The molecule has 0 radical (unpaired) electrons. The molecule has 1 rings (SSSR count). The molecule has 62 valence electrons. The number of aliphatic hydroxyl groups excluding tert-OH is 1. The van der Waals surface area contributed by atoms with Gasteiger partial charge >= 0.3 is 0 Å². The van der Waals surface area contributed by atoms with E-state index in [-0.39, 0.29) is 6.10 Å². The van der Waals surface area contributed by atoms with Crippen LogP contribution in [0.1, 0.15) is 32.6 Å². The molecule has 0 fully saturated rings. The van der Waals surface area contributed by atoms with Gasteiger partial charge in [0, 0.05) is 0 Å². The maximum absolute atomic E-state index is 9.31. The fourth-order valence-electron chi connectivity index (χ4n) is 1.26. The average Bonchev–Trinajstić information content (AvgIpc) is 2.04. The minimum atomic E-state index is -0.225. The molecule has 1 aliphatic carbocycles. The second-order valence-corrected chi connectivity index (χ2v) is 3.16. The fraction of sp³-hybridized carbons (Fsp3) is 0.600. The van der Waals surface area contributed by atoms with Gasteiger partial charge in [-0.15, -0.1) is 0 Å². The standard InChI is InChI=1S/C10H16O/c1-9-5-2-3-7-10(11)8-4-6-9/h3,6-7,10-11H,2,4-5,8H2,1H3/b7-3-,9-6-. The minimum Gasteiger partial charge on any atom is -0.389 e. The van der Waals surface area contributed by atoms with Gasteiger partial charge in [0.05, 0.1) is 6.10 Å². The first kappa shape index (κ1) is 8.54. The van der Waals surface area contributed by atoms with E-state index in [1.165, 1.54) is 5.57 Å². The van der Waals surface area contributed by atoms with Crippen molar-refractivity contribution in [2.45, 2.75) is 38.7 Å². The van der Waals surface area contributed by atoms with Gasteiger partial charge in [-0.2, -0.15) is 0 Å². The molecule has 1 heteroatoms. The van der Waals surface area contributed by atoms with Crippen LogP contribution in [0.4, 0.5) is 0 Å². The zero-order valence-corrected chi connectivity index (χ0v) is 7.09. The monoisotopic (exact) mass is 152 g/mol. The van der Waals surface area contributed by atoms with Crippen LogP contribution < -0.4 is 0 Å². The summed E-state index contributed by atoms with van der Waals surface area (Å²) in [6.07, 6.45) is 10.1. The molecule has 0 saturated carbocycles. The highest BCUT2D eigenvalue weighted by atomic mass is 16.3. The third kappa shape index (κ3) is 3.38. The van der Waals surface area contributed by atoms with Crippen LogP contribution in [0.15, 0.2) is 23.8 Å². The van der Waals surface area contributed by atoms with Crippen molar-refractivity contribution in [2.75, 3.05) is 0 Å². The highest BCUT2D eigenvalue weighted by Gasteiger charge is 1.99. The number of rotatable bonds is 0. The Morgan fingerprint density at radius 2 is 2.27 bits per heavy atom. The molecule has 1 unspecified atom stereocenters. The summed E-state index contributed by atoms with van der Waals surface area (Å²) in [6.45, 7) is 2.16. The van der Waals surface area contributed by atoms with Crippen molar-refractivity contribution in [2.24, 2.45) is 0 Å². The second-order valence-electron chi connectivity index (χ2n) is 3.16. The summed E-state index contributed by atoms with van der Waals surface area (Å²) in [4.78, 5) is 0. The van der Waals surface area contributed by atoms with Crippen LogP contribution in [0.5, 0.6) is 0 Å². The van der Waals surface area contributed by atoms with Crippen molar-refractivity contribution in [1.82, 2.24) is 0 Å². The maximum Gasteiger partial charge on any atom is 0.0723 e. The smallest absolute Gasteiger partial charge is 0.0723 e. The summed E-state index contributed by atoms with van der Waals surface area (Å²) >= 11 is 0. The van der Waals surface area contributed by atoms with Gasteiger partial charge in [0.2, 0.25) is 0 Å². The van der Waals surface area contributed by atoms with Gasteiger partial charge in [-0.3, -0.25) is 0 Å². The average molecular weight is 152 g/mol. The largest absolute Gasteiger partial charge is 0.389 e. The number of allylic oxidation sites excluding steroid dienone is 3. The van der Waals surface area contributed by atoms with E-state index in [0.29, 0.717) is 0 Å². The minimum absolute atomic E-state index is 0.225. The summed E-state index contributed by atoms with van der Waals surface area (Å²) in [5.41, 5.74) is 1.45. The Morgan fingerprint density at radius 3 is 3.09 bits per heavy atom. The molecule has 0 amide bonds. The number of aliphatic hydroxyl groups is 1. The summed E-state index contributed by atoms with van der Waals surface area (Å²) in [5, 5.41) is 9.31. The van der Waals surface area contributed by atoms with E-state index in [0.717, 1.165) is 25.7 Å². The first-order valence-corrected chi connectivity index (χ1v) is 4.29. The first-order valence-electron chi connectivity index (χ1n) is 4.29. The second kappa shape index (κ2) is 4.35. The molecule has 0 bridgehead atoms. The third-order valence-corrected chi connectivity index (χ3v) is 2.02. The number of hydrogen-bond acceptors (Lipinski definition) is 1. The third-order valence-electron chi connectivity index (χ3n) is 2.02. The van der Waals surface area contributed by atoms with Crippen molar-refractivity contribution < 1.29 is 5.11 Å². The molecule has 1 aliphatic rings. The Balaban J connectivity index is 2.49. The zero-order chi connectivity index (χ0) is 8.10. The van der Waals surface area contributed by atoms with E-state index < -0.39 is 0 Å². The molecule has 0 aliphatic heterocycles. The van der Waals surface area contributed by atoms with Crippen LogP contribution in [0.2, 0.25) is 0 Å². The molecule has 11 heavy (non-hydrogen) atoms. The van der Waals surface area contributed by atoms with Crippen LogP contribution in [0.3, 0.4) is 0 Å². The van der Waals surface area contributed by atoms with E-state index in [4.69, 9.17) is 0 Å². The lowest BCUT2D eigenvalue weighted by molar-refractivity contribution is 0.214. The Morgan fingerprint density at radius 1 is 1.45 bits per heavy atom. The van der Waals surface area contributed by atoms with Crippen LogP contribution in [-0.4, -0.2) is 11.2 Å². The van der Waals surface area contributed by atoms with Crippen LogP contribution in [0, 0.1) is 0 Å². The van der Waals surface area contributed by atoms with E-state index in [1.807, 2.05) is 6.08 Å². The maximum atomic E-state index is 9.31. The molecule has 0 heterocycles. The van der Waals surface area contributed by atoms with E-state index in [2.05, 4.69) is 19.1 Å². The topological polar surface area (TPSA) is 20.2 Å². The number of hydrogen-bond donors (Lipinski definition) is 1. The lowest BCUT2D eigenvalue weighted by atomic mass is 10.1. The van der Waals surface area contributed by atoms with Crippen LogP contribution in [0.25, 0.3) is 0 Å². The van der Waals surface area contributed by atoms with Gasteiger partial charge in [0.1, 0.15) is 0 Å². The normalized spacial score (nSPS) is 34.4. The van der Waals surface area contributed by atoms with Crippen molar-refractivity contribution >= 4 is 0 Å². The van der Waals surface area contributed by atoms with Gasteiger partial charge in [-0.1, -0.05) is 23.8 Å². The van der Waals surface area contributed by atoms with Gasteiger partial charge in [0.15, 0.2) is 0 Å². The SMILES string of the molecule is C/C1=C/CCC(O)/C=C\CC1. The summed E-state index contributed by atoms with van der Waals surface area (Å²) < 4.78 is 0. The molecular weight excluding hydrogens is 136 g/mol. The Hall–Kier alpha value is -0.560. The zero-order valence-electron chi connectivity index (χ0n) is 7.09. The summed E-state index contributed by atoms with van der Waals surface area (Å²) in [6, 6.07) is 0. The highest BCUT2D eigenvalue weighted by molar-refractivity contribution is 5.03.